The lowest BCUT2D eigenvalue weighted by Gasteiger charge is -2.37. The minimum Gasteiger partial charge on any atom is -0.251 e. The van der Waals surface area contributed by atoms with E-state index in [1.54, 1.807) is 11.1 Å². The molecule has 0 saturated heterocycles. The zero-order valence-electron chi connectivity index (χ0n) is 12.8. The smallest absolute Gasteiger partial charge is 0.0471 e. The molecule has 17 heavy (non-hydrogen) atoms. The standard InChI is InChI=1S/C15H28NSi/c1-10-11(2)13(9-14(4,5)16)15(6,12(10)3)17(7)8/h16-17H,9H2,1-8H3. The van der Waals surface area contributed by atoms with Crippen LogP contribution in [-0.2, 0) is 0 Å². The summed E-state index contributed by atoms with van der Waals surface area (Å²) in [5, 5.41) is 0.298. The van der Waals surface area contributed by atoms with E-state index in [1.165, 1.54) is 11.1 Å². The van der Waals surface area contributed by atoms with Crippen LogP contribution in [0.1, 0.15) is 48.0 Å². The molecule has 0 heterocycles. The van der Waals surface area contributed by atoms with E-state index < -0.39 is 8.80 Å². The first-order valence-corrected chi connectivity index (χ1v) is 9.54. The lowest BCUT2D eigenvalue weighted by atomic mass is 9.86. The van der Waals surface area contributed by atoms with Crippen LogP contribution in [0.15, 0.2) is 22.3 Å². The number of hydrogen-bond donors (Lipinski definition) is 0. The van der Waals surface area contributed by atoms with Crippen molar-refractivity contribution >= 4 is 8.80 Å². The highest BCUT2D eigenvalue weighted by molar-refractivity contribution is 6.61. The van der Waals surface area contributed by atoms with E-state index in [2.05, 4.69) is 40.8 Å². The highest BCUT2D eigenvalue weighted by atomic mass is 28.3. The first-order valence-electron chi connectivity index (χ1n) is 6.65. The zero-order chi connectivity index (χ0) is 13.6. The van der Waals surface area contributed by atoms with Gasteiger partial charge in [0.1, 0.15) is 0 Å². The molecule has 0 spiro atoms. The first-order chi connectivity index (χ1) is 7.51. The summed E-state index contributed by atoms with van der Waals surface area (Å²) in [5.74, 6) is 0. The summed E-state index contributed by atoms with van der Waals surface area (Å²) >= 11 is 0. The van der Waals surface area contributed by atoms with E-state index >= 15 is 0 Å². The van der Waals surface area contributed by atoms with E-state index in [9.17, 15) is 0 Å². The minimum absolute atomic E-state index is 0.298. The first kappa shape index (κ1) is 14.7. The Morgan fingerprint density at radius 3 is 1.94 bits per heavy atom. The van der Waals surface area contributed by atoms with Crippen molar-refractivity contribution < 1.29 is 0 Å². The largest absolute Gasteiger partial charge is 0.251 e. The van der Waals surface area contributed by atoms with Crippen molar-refractivity contribution in [1.29, 1.82) is 0 Å². The highest BCUT2D eigenvalue weighted by Gasteiger charge is 2.42. The van der Waals surface area contributed by atoms with Crippen LogP contribution in [0.5, 0.6) is 0 Å². The number of hydrogen-bond acceptors (Lipinski definition) is 0. The molecule has 2 heteroatoms. The molecule has 1 radical (unpaired) electrons. The van der Waals surface area contributed by atoms with Gasteiger partial charge in [-0.3, -0.25) is 5.73 Å². The van der Waals surface area contributed by atoms with Crippen molar-refractivity contribution in [3.8, 4) is 0 Å². The predicted molar refractivity (Wildman–Crippen MR) is 80.1 cm³/mol. The maximum atomic E-state index is 8.20. The number of rotatable bonds is 3. The summed E-state index contributed by atoms with van der Waals surface area (Å²) < 4.78 is 0. The molecule has 0 bridgehead atoms. The normalized spacial score (nSPS) is 26.5. The fraction of sp³-hybridized carbons (Fsp3) is 0.733. The molecule has 1 aliphatic rings. The third-order valence-corrected chi connectivity index (χ3v) is 7.85. The molecule has 1 N–H and O–H groups in total. The monoisotopic (exact) mass is 250 g/mol. The van der Waals surface area contributed by atoms with Crippen LogP contribution in [-0.4, -0.2) is 14.3 Å². The summed E-state index contributed by atoms with van der Waals surface area (Å²) in [7, 11) is -0.819. The van der Waals surface area contributed by atoms with Gasteiger partial charge in [-0.25, -0.2) is 0 Å². The Kier molecular flexibility index (Phi) is 3.81. The highest BCUT2D eigenvalue weighted by Crippen LogP contribution is 2.56. The van der Waals surface area contributed by atoms with Gasteiger partial charge in [0.25, 0.3) is 0 Å². The van der Waals surface area contributed by atoms with Crippen LogP contribution in [0.25, 0.3) is 0 Å². The Morgan fingerprint density at radius 2 is 1.59 bits per heavy atom. The lowest BCUT2D eigenvalue weighted by molar-refractivity contribution is 0.479. The van der Waals surface area contributed by atoms with Gasteiger partial charge in [0.15, 0.2) is 0 Å². The van der Waals surface area contributed by atoms with Gasteiger partial charge in [0, 0.05) is 19.4 Å². The molecule has 0 aliphatic heterocycles. The van der Waals surface area contributed by atoms with Gasteiger partial charge in [-0.1, -0.05) is 31.2 Å². The van der Waals surface area contributed by atoms with Gasteiger partial charge in [-0.15, -0.1) is 0 Å². The van der Waals surface area contributed by atoms with Crippen LogP contribution in [0.4, 0.5) is 0 Å². The molecule has 1 aliphatic carbocycles. The van der Waals surface area contributed by atoms with E-state index in [-0.39, 0.29) is 5.54 Å². The molecule has 1 atom stereocenters. The van der Waals surface area contributed by atoms with Crippen molar-refractivity contribution in [2.45, 2.75) is 71.6 Å². The molecule has 1 rings (SSSR count). The molecule has 0 aromatic heterocycles. The van der Waals surface area contributed by atoms with Crippen molar-refractivity contribution in [2.75, 3.05) is 0 Å². The molecule has 0 amide bonds. The van der Waals surface area contributed by atoms with Crippen LogP contribution >= 0.6 is 0 Å². The van der Waals surface area contributed by atoms with E-state index in [1.807, 2.05) is 13.8 Å². The van der Waals surface area contributed by atoms with Gasteiger partial charge < -0.3 is 0 Å². The third-order valence-electron chi connectivity index (χ3n) is 4.76. The maximum Gasteiger partial charge on any atom is 0.0471 e. The van der Waals surface area contributed by atoms with E-state index in [4.69, 9.17) is 5.73 Å². The summed E-state index contributed by atoms with van der Waals surface area (Å²) in [6, 6.07) is 0. The quantitative estimate of drug-likeness (QED) is 0.665. The van der Waals surface area contributed by atoms with Crippen LogP contribution in [0.3, 0.4) is 0 Å². The summed E-state index contributed by atoms with van der Waals surface area (Å²) in [4.78, 5) is 0. The zero-order valence-corrected chi connectivity index (χ0v) is 13.9. The van der Waals surface area contributed by atoms with Crippen molar-refractivity contribution in [2.24, 2.45) is 0 Å². The molecule has 97 valence electrons. The fourth-order valence-corrected chi connectivity index (χ4v) is 5.15. The lowest BCUT2D eigenvalue weighted by Crippen LogP contribution is -2.31. The summed E-state index contributed by atoms with van der Waals surface area (Å²) in [5.41, 5.74) is 13.9. The molecular weight excluding hydrogens is 222 g/mol. The average molecular weight is 250 g/mol. The van der Waals surface area contributed by atoms with Crippen LogP contribution in [0, 0.1) is 0 Å². The molecule has 1 nitrogen and oxygen atoms in total. The van der Waals surface area contributed by atoms with Crippen molar-refractivity contribution in [3.63, 3.8) is 0 Å². The van der Waals surface area contributed by atoms with Crippen molar-refractivity contribution in [3.05, 3.63) is 22.3 Å². The Balaban J connectivity index is 3.28. The SMILES string of the molecule is CC1=C(C)C(C)([SiH](C)C)C(CC(C)(C)[NH])=C1C. The number of nitrogens with one attached hydrogen (secondary N) is 1. The van der Waals surface area contributed by atoms with Gasteiger partial charge in [-0.2, -0.15) is 0 Å². The minimum atomic E-state index is -0.819. The molecule has 0 fully saturated rings. The molecule has 0 saturated carbocycles. The fourth-order valence-electron chi connectivity index (χ4n) is 3.05. The number of allylic oxidation sites excluding steroid dienone is 3. The second kappa shape index (κ2) is 4.40. The molecular formula is C15H28NSi. The van der Waals surface area contributed by atoms with Gasteiger partial charge in [0.05, 0.1) is 0 Å². The van der Waals surface area contributed by atoms with Crippen LogP contribution in [0.2, 0.25) is 18.1 Å². The van der Waals surface area contributed by atoms with Crippen molar-refractivity contribution in [1.82, 2.24) is 5.73 Å². The Labute approximate surface area is 109 Å². The van der Waals surface area contributed by atoms with Gasteiger partial charge in [0.2, 0.25) is 0 Å². The average Bonchev–Trinajstić information content (AvgIpc) is 2.32. The third kappa shape index (κ3) is 2.43. The Bertz CT molecular complexity index is 382. The molecule has 0 aromatic carbocycles. The Hall–Kier alpha value is -0.343. The second-order valence-corrected chi connectivity index (χ2v) is 10.2. The van der Waals surface area contributed by atoms with Gasteiger partial charge >= 0.3 is 0 Å². The second-order valence-electron chi connectivity index (χ2n) is 6.77. The Morgan fingerprint density at radius 1 is 1.12 bits per heavy atom. The van der Waals surface area contributed by atoms with E-state index in [0.29, 0.717) is 5.04 Å². The summed E-state index contributed by atoms with van der Waals surface area (Å²) in [6.45, 7) is 18.2. The topological polar surface area (TPSA) is 23.8 Å². The predicted octanol–water partition coefficient (Wildman–Crippen LogP) is 4.35. The molecule has 0 aromatic rings. The van der Waals surface area contributed by atoms with Gasteiger partial charge in [-0.05, 0) is 52.2 Å². The van der Waals surface area contributed by atoms with E-state index in [0.717, 1.165) is 6.42 Å². The van der Waals surface area contributed by atoms with Crippen LogP contribution < -0.4 is 5.73 Å². The maximum absolute atomic E-state index is 8.20. The summed E-state index contributed by atoms with van der Waals surface area (Å²) in [6.07, 6.45) is 0.912. The molecule has 1 unspecified atom stereocenters.